The molecule has 1 N–H and O–H groups in total. The molecule has 108 valence electrons. The van der Waals surface area contributed by atoms with Crippen molar-refractivity contribution in [2.75, 3.05) is 12.4 Å². The number of hydrogen-bond donors (Lipinski definition) is 1. The van der Waals surface area contributed by atoms with Crippen molar-refractivity contribution < 1.29 is 14.3 Å². The Hall–Kier alpha value is -2.62. The van der Waals surface area contributed by atoms with Crippen LogP contribution in [0.3, 0.4) is 0 Å². The minimum atomic E-state index is -0.436. The standard InChI is InChI=1S/C17H17NO3/c1-12-7-3-6-10-15(12)18-16(19)11-13-8-4-5-9-14(13)17(20)21-2/h3-10H,11H2,1-2H3,(H,18,19). The molecule has 1 amide bonds. The van der Waals surface area contributed by atoms with Crippen LogP contribution in [0.2, 0.25) is 0 Å². The number of esters is 1. The van der Waals surface area contributed by atoms with Gasteiger partial charge in [-0.15, -0.1) is 0 Å². The van der Waals surface area contributed by atoms with E-state index in [1.54, 1.807) is 24.3 Å². The topological polar surface area (TPSA) is 55.4 Å². The molecule has 2 aromatic rings. The van der Waals surface area contributed by atoms with Crippen molar-refractivity contribution in [3.63, 3.8) is 0 Å². The summed E-state index contributed by atoms with van der Waals surface area (Å²) in [6.45, 7) is 1.93. The fourth-order valence-corrected chi connectivity index (χ4v) is 2.06. The van der Waals surface area contributed by atoms with Crippen molar-refractivity contribution in [3.05, 3.63) is 65.2 Å². The Morgan fingerprint density at radius 2 is 1.71 bits per heavy atom. The number of amides is 1. The number of carbonyl (C=O) groups excluding carboxylic acids is 2. The number of nitrogens with one attached hydrogen (secondary N) is 1. The molecule has 2 aromatic carbocycles. The third-order valence-electron chi connectivity index (χ3n) is 3.19. The number of aryl methyl sites for hydroxylation is 1. The van der Waals surface area contributed by atoms with Gasteiger partial charge in [-0.2, -0.15) is 0 Å². The average molecular weight is 283 g/mol. The van der Waals surface area contributed by atoms with Crippen LogP contribution >= 0.6 is 0 Å². The number of carbonyl (C=O) groups is 2. The summed E-state index contributed by atoms with van der Waals surface area (Å²) in [7, 11) is 1.33. The van der Waals surface area contributed by atoms with Gasteiger partial charge < -0.3 is 10.1 Å². The molecule has 0 radical (unpaired) electrons. The first-order valence-corrected chi connectivity index (χ1v) is 6.63. The van der Waals surface area contributed by atoms with Crippen molar-refractivity contribution in [2.45, 2.75) is 13.3 Å². The largest absolute Gasteiger partial charge is 0.465 e. The Morgan fingerprint density at radius 1 is 1.05 bits per heavy atom. The summed E-state index contributed by atoms with van der Waals surface area (Å²) in [6, 6.07) is 14.5. The highest BCUT2D eigenvalue weighted by Gasteiger charge is 2.14. The molecule has 0 aromatic heterocycles. The summed E-state index contributed by atoms with van der Waals surface area (Å²) in [5, 5.41) is 2.85. The molecule has 4 nitrogen and oxygen atoms in total. The Morgan fingerprint density at radius 3 is 2.43 bits per heavy atom. The lowest BCUT2D eigenvalue weighted by atomic mass is 10.0. The molecule has 0 aliphatic carbocycles. The van der Waals surface area contributed by atoms with Crippen LogP contribution in [-0.2, 0) is 16.0 Å². The summed E-state index contributed by atoms with van der Waals surface area (Å²) >= 11 is 0. The third kappa shape index (κ3) is 3.69. The highest BCUT2D eigenvalue weighted by atomic mass is 16.5. The van der Waals surface area contributed by atoms with Gasteiger partial charge in [-0.05, 0) is 30.2 Å². The van der Waals surface area contributed by atoms with Gasteiger partial charge in [0.2, 0.25) is 5.91 Å². The molecule has 0 aliphatic rings. The van der Waals surface area contributed by atoms with Crippen LogP contribution in [-0.4, -0.2) is 19.0 Å². The molecule has 21 heavy (non-hydrogen) atoms. The van der Waals surface area contributed by atoms with Gasteiger partial charge in [0.25, 0.3) is 0 Å². The molecule has 0 saturated heterocycles. The van der Waals surface area contributed by atoms with E-state index in [2.05, 4.69) is 5.32 Å². The number of rotatable bonds is 4. The molecule has 0 spiro atoms. The van der Waals surface area contributed by atoms with Crippen molar-refractivity contribution in [2.24, 2.45) is 0 Å². The molecule has 0 atom stereocenters. The zero-order chi connectivity index (χ0) is 15.2. The second kappa shape index (κ2) is 6.70. The average Bonchev–Trinajstić information content (AvgIpc) is 2.49. The van der Waals surface area contributed by atoms with E-state index in [0.29, 0.717) is 11.1 Å². The van der Waals surface area contributed by atoms with E-state index in [-0.39, 0.29) is 12.3 Å². The van der Waals surface area contributed by atoms with Crippen LogP contribution in [0, 0.1) is 6.92 Å². The minimum absolute atomic E-state index is 0.125. The van der Waals surface area contributed by atoms with Gasteiger partial charge in [0, 0.05) is 5.69 Å². The molecule has 0 unspecified atom stereocenters. The normalized spacial score (nSPS) is 10.0. The predicted molar refractivity (Wildman–Crippen MR) is 81.3 cm³/mol. The molecule has 4 heteroatoms. The van der Waals surface area contributed by atoms with E-state index in [4.69, 9.17) is 4.74 Å². The quantitative estimate of drug-likeness (QED) is 0.878. The number of hydrogen-bond acceptors (Lipinski definition) is 3. The summed E-state index contributed by atoms with van der Waals surface area (Å²) in [4.78, 5) is 23.8. The number of para-hydroxylation sites is 1. The van der Waals surface area contributed by atoms with Crippen LogP contribution in [0.4, 0.5) is 5.69 Å². The van der Waals surface area contributed by atoms with Crippen LogP contribution in [0.15, 0.2) is 48.5 Å². The molecule has 0 saturated carbocycles. The Bertz CT molecular complexity index is 665. The van der Waals surface area contributed by atoms with Crippen molar-refractivity contribution in [3.8, 4) is 0 Å². The molecule has 0 fully saturated rings. The lowest BCUT2D eigenvalue weighted by Gasteiger charge is -2.10. The second-order valence-corrected chi connectivity index (χ2v) is 4.69. The Kier molecular flexibility index (Phi) is 4.72. The zero-order valence-electron chi connectivity index (χ0n) is 12.1. The van der Waals surface area contributed by atoms with Crippen molar-refractivity contribution >= 4 is 17.6 Å². The first kappa shape index (κ1) is 14.8. The minimum Gasteiger partial charge on any atom is -0.465 e. The Labute approximate surface area is 123 Å². The van der Waals surface area contributed by atoms with E-state index in [0.717, 1.165) is 11.3 Å². The van der Waals surface area contributed by atoms with Gasteiger partial charge in [0.1, 0.15) is 0 Å². The SMILES string of the molecule is COC(=O)c1ccccc1CC(=O)Nc1ccccc1C. The van der Waals surface area contributed by atoms with Gasteiger partial charge in [0.15, 0.2) is 0 Å². The van der Waals surface area contributed by atoms with Gasteiger partial charge in [-0.3, -0.25) is 4.79 Å². The van der Waals surface area contributed by atoms with Crippen LogP contribution in [0.1, 0.15) is 21.5 Å². The van der Waals surface area contributed by atoms with Gasteiger partial charge >= 0.3 is 5.97 Å². The van der Waals surface area contributed by atoms with Crippen LogP contribution < -0.4 is 5.32 Å². The molecule has 2 rings (SSSR count). The van der Waals surface area contributed by atoms with E-state index < -0.39 is 5.97 Å². The molecular formula is C17H17NO3. The summed E-state index contributed by atoms with van der Waals surface area (Å²) in [5.74, 6) is -0.602. The van der Waals surface area contributed by atoms with Gasteiger partial charge in [0.05, 0.1) is 19.1 Å². The first-order chi connectivity index (χ1) is 10.1. The summed E-state index contributed by atoms with van der Waals surface area (Å²) in [5.41, 5.74) is 2.83. The number of anilines is 1. The predicted octanol–water partition coefficient (Wildman–Crippen LogP) is 2.96. The Balaban J connectivity index is 2.14. The third-order valence-corrected chi connectivity index (χ3v) is 3.19. The van der Waals surface area contributed by atoms with Gasteiger partial charge in [-0.1, -0.05) is 36.4 Å². The van der Waals surface area contributed by atoms with Gasteiger partial charge in [-0.25, -0.2) is 4.79 Å². The monoisotopic (exact) mass is 283 g/mol. The highest BCUT2D eigenvalue weighted by molar-refractivity contribution is 5.96. The zero-order valence-corrected chi connectivity index (χ0v) is 12.1. The molecule has 0 heterocycles. The summed E-state index contributed by atoms with van der Waals surface area (Å²) in [6.07, 6.45) is 0.125. The highest BCUT2D eigenvalue weighted by Crippen LogP contribution is 2.15. The molecular weight excluding hydrogens is 266 g/mol. The maximum absolute atomic E-state index is 12.1. The number of benzene rings is 2. The van der Waals surface area contributed by atoms with E-state index in [1.807, 2.05) is 31.2 Å². The molecule has 0 aliphatic heterocycles. The fourth-order valence-electron chi connectivity index (χ4n) is 2.06. The first-order valence-electron chi connectivity index (χ1n) is 6.63. The van der Waals surface area contributed by atoms with Crippen molar-refractivity contribution in [1.29, 1.82) is 0 Å². The maximum Gasteiger partial charge on any atom is 0.338 e. The fraction of sp³-hybridized carbons (Fsp3) is 0.176. The lowest BCUT2D eigenvalue weighted by molar-refractivity contribution is -0.115. The summed E-state index contributed by atoms with van der Waals surface area (Å²) < 4.78 is 4.73. The second-order valence-electron chi connectivity index (χ2n) is 4.69. The number of ether oxygens (including phenoxy) is 1. The van der Waals surface area contributed by atoms with E-state index in [1.165, 1.54) is 7.11 Å². The van der Waals surface area contributed by atoms with Crippen LogP contribution in [0.5, 0.6) is 0 Å². The van der Waals surface area contributed by atoms with E-state index >= 15 is 0 Å². The molecule has 0 bridgehead atoms. The van der Waals surface area contributed by atoms with Crippen LogP contribution in [0.25, 0.3) is 0 Å². The smallest absolute Gasteiger partial charge is 0.338 e. The number of methoxy groups -OCH3 is 1. The lowest BCUT2D eigenvalue weighted by Crippen LogP contribution is -2.17. The van der Waals surface area contributed by atoms with E-state index in [9.17, 15) is 9.59 Å². The maximum atomic E-state index is 12.1. The van der Waals surface area contributed by atoms with Crippen molar-refractivity contribution in [1.82, 2.24) is 0 Å².